The molecule has 0 fully saturated rings. The number of benzene rings is 1. The number of rotatable bonds is 8. The molecule has 2 heterocycles. The number of amides is 1. The molecule has 0 bridgehead atoms. The van der Waals surface area contributed by atoms with Crippen molar-refractivity contribution in [2.75, 3.05) is 13.1 Å². The molecule has 3 aromatic rings. The Bertz CT molecular complexity index is 1160. The molecule has 1 N–H and O–H groups in total. The predicted molar refractivity (Wildman–Crippen MR) is 139 cm³/mol. The van der Waals surface area contributed by atoms with E-state index in [0.29, 0.717) is 47.7 Å². The Morgan fingerprint density at radius 1 is 1.42 bits per heavy atom. The minimum Gasteiger partial charge on any atom is -0.473 e. The Morgan fingerprint density at radius 3 is 2.76 bits per heavy atom. The van der Waals surface area contributed by atoms with Gasteiger partial charge in [0.15, 0.2) is 0 Å². The molecule has 1 aromatic carbocycles. The van der Waals surface area contributed by atoms with Crippen LogP contribution in [0.4, 0.5) is 9.18 Å². The van der Waals surface area contributed by atoms with Gasteiger partial charge in [0, 0.05) is 23.6 Å². The van der Waals surface area contributed by atoms with Crippen LogP contribution in [-0.4, -0.2) is 55.5 Å². The van der Waals surface area contributed by atoms with E-state index in [4.69, 9.17) is 9.47 Å². The number of fused-ring (bicyclic) bond motifs is 1. The van der Waals surface area contributed by atoms with Crippen LogP contribution in [0, 0.1) is 5.82 Å². The van der Waals surface area contributed by atoms with Gasteiger partial charge in [-0.3, -0.25) is 0 Å². The Hall–Kier alpha value is -2.20. The van der Waals surface area contributed by atoms with Crippen molar-refractivity contribution in [2.24, 2.45) is 0 Å². The number of nitrogens with one attached hydrogen (secondary N) is 1. The summed E-state index contributed by atoms with van der Waals surface area (Å²) < 4.78 is 28.4. The van der Waals surface area contributed by atoms with E-state index in [9.17, 15) is 4.79 Å². The summed E-state index contributed by atoms with van der Waals surface area (Å²) in [6.07, 6.45) is 2.71. The SMILES string of the molecule is C=Cc1nn(PI)c2cc(F)c(-c3cn[nH]c3OC(C)CN(CC)C(=O)OC(C)(C)C)cc12. The molecule has 0 aliphatic heterocycles. The Labute approximate surface area is 207 Å². The van der Waals surface area contributed by atoms with Crippen molar-refractivity contribution in [1.29, 1.82) is 0 Å². The van der Waals surface area contributed by atoms with Crippen molar-refractivity contribution >= 4 is 51.5 Å². The van der Waals surface area contributed by atoms with Gasteiger partial charge < -0.3 is 14.4 Å². The summed E-state index contributed by atoms with van der Waals surface area (Å²) in [5.74, 6) is -0.0824. The fraction of sp³-hybridized carbons (Fsp3) is 0.409. The van der Waals surface area contributed by atoms with Crippen molar-refractivity contribution in [3.63, 3.8) is 0 Å². The molecule has 0 spiro atoms. The molecule has 2 atom stereocenters. The summed E-state index contributed by atoms with van der Waals surface area (Å²) in [6.45, 7) is 13.8. The fourth-order valence-electron chi connectivity index (χ4n) is 3.34. The number of ether oxygens (including phenoxy) is 2. The highest BCUT2D eigenvalue weighted by molar-refractivity contribution is 14.2. The zero-order valence-electron chi connectivity index (χ0n) is 19.3. The van der Waals surface area contributed by atoms with E-state index < -0.39 is 23.6 Å². The number of H-pyrrole nitrogens is 1. The average Bonchev–Trinajstić information content (AvgIpc) is 3.33. The molecule has 0 radical (unpaired) electrons. The lowest BCUT2D eigenvalue weighted by Gasteiger charge is -2.28. The lowest BCUT2D eigenvalue weighted by Crippen LogP contribution is -2.41. The van der Waals surface area contributed by atoms with E-state index >= 15 is 4.39 Å². The van der Waals surface area contributed by atoms with Gasteiger partial charge in [0.2, 0.25) is 5.88 Å². The first-order valence-corrected chi connectivity index (χ1v) is 14.5. The first-order valence-electron chi connectivity index (χ1n) is 10.5. The van der Waals surface area contributed by atoms with E-state index in [-0.39, 0.29) is 0 Å². The molecule has 8 nitrogen and oxygen atoms in total. The summed E-state index contributed by atoms with van der Waals surface area (Å²) in [5.41, 5.74) is 1.63. The second-order valence-corrected chi connectivity index (χ2v) is 10.5. The number of carbonyl (C=O) groups excluding carboxylic acids is 1. The molecule has 11 heteroatoms. The van der Waals surface area contributed by atoms with Crippen LogP contribution in [0.1, 0.15) is 40.3 Å². The van der Waals surface area contributed by atoms with Gasteiger partial charge in [-0.15, -0.1) is 0 Å². The monoisotopic (exact) mass is 587 g/mol. The van der Waals surface area contributed by atoms with Gasteiger partial charge in [-0.2, -0.15) is 10.2 Å². The molecule has 0 aliphatic rings. The smallest absolute Gasteiger partial charge is 0.410 e. The Kier molecular flexibility index (Phi) is 8.00. The highest BCUT2D eigenvalue weighted by Crippen LogP contribution is 2.37. The number of carbonyl (C=O) groups is 1. The Morgan fingerprint density at radius 2 is 2.15 bits per heavy atom. The van der Waals surface area contributed by atoms with Gasteiger partial charge in [-0.05, 0) is 68.8 Å². The van der Waals surface area contributed by atoms with Gasteiger partial charge in [-0.1, -0.05) is 6.58 Å². The number of likely N-dealkylation sites (N-methyl/N-ethyl adjacent to an activating group) is 1. The number of nitrogens with zero attached hydrogens (tertiary/aromatic N) is 4. The first kappa shape index (κ1) is 25.4. The largest absolute Gasteiger partial charge is 0.473 e. The highest BCUT2D eigenvalue weighted by atomic mass is 127. The second kappa shape index (κ2) is 10.4. The molecule has 33 heavy (non-hydrogen) atoms. The standard InChI is InChI=1S/C22H28FIN5O3P/c1-7-18-15-9-14(17(23)10-19(15)29(27-18)33-24)16-11-25-26-20(16)31-13(3)12-28(8-2)21(30)32-22(4,5)6/h7,9-11,13,33H,1,8,12H2,2-6H3,(H,25,26). The van der Waals surface area contributed by atoms with Gasteiger partial charge in [0.25, 0.3) is 0 Å². The lowest BCUT2D eigenvalue weighted by molar-refractivity contribution is 0.0190. The van der Waals surface area contributed by atoms with E-state index in [1.165, 1.54) is 12.3 Å². The number of hydrogen-bond acceptors (Lipinski definition) is 5. The van der Waals surface area contributed by atoms with Crippen LogP contribution in [0.25, 0.3) is 28.1 Å². The molecule has 178 valence electrons. The van der Waals surface area contributed by atoms with Crippen LogP contribution < -0.4 is 4.74 Å². The van der Waals surface area contributed by atoms with E-state index in [1.807, 2.05) is 34.6 Å². The summed E-state index contributed by atoms with van der Waals surface area (Å²) in [5, 5.41) is 12.1. The number of aromatic amines is 1. The maximum Gasteiger partial charge on any atom is 0.410 e. The summed E-state index contributed by atoms with van der Waals surface area (Å²) in [4.78, 5) is 14.0. The topological polar surface area (TPSA) is 85.3 Å². The average molecular weight is 587 g/mol. The molecular formula is C22H28FIN5O3P. The van der Waals surface area contributed by atoms with Crippen molar-refractivity contribution in [3.05, 3.63) is 36.4 Å². The number of hydrogen-bond donors (Lipinski definition) is 1. The highest BCUT2D eigenvalue weighted by Gasteiger charge is 2.24. The second-order valence-electron chi connectivity index (χ2n) is 8.50. The van der Waals surface area contributed by atoms with Crippen LogP contribution in [0.3, 0.4) is 0 Å². The summed E-state index contributed by atoms with van der Waals surface area (Å²) >= 11 is 2.20. The Balaban J connectivity index is 1.85. The van der Waals surface area contributed by atoms with Crippen LogP contribution in [0.5, 0.6) is 5.88 Å². The van der Waals surface area contributed by atoms with Gasteiger partial charge in [0.05, 0.1) is 35.9 Å². The zero-order valence-corrected chi connectivity index (χ0v) is 22.4. The lowest BCUT2D eigenvalue weighted by atomic mass is 10.0. The molecule has 1 amide bonds. The van der Waals surface area contributed by atoms with E-state index in [1.54, 1.807) is 21.5 Å². The van der Waals surface area contributed by atoms with Gasteiger partial charge in [-0.25, -0.2) is 18.7 Å². The quantitative estimate of drug-likeness (QED) is 0.257. The maximum absolute atomic E-state index is 15.1. The van der Waals surface area contributed by atoms with Crippen LogP contribution in [-0.2, 0) is 4.74 Å². The normalized spacial score (nSPS) is 12.9. The van der Waals surface area contributed by atoms with Crippen molar-refractivity contribution < 1.29 is 18.7 Å². The summed E-state index contributed by atoms with van der Waals surface area (Å²) in [7, 11) is 0. The van der Waals surface area contributed by atoms with Crippen LogP contribution >= 0.6 is 28.4 Å². The molecule has 2 aromatic heterocycles. The van der Waals surface area contributed by atoms with Gasteiger partial charge in [0.1, 0.15) is 17.5 Å². The molecule has 2 unspecified atom stereocenters. The van der Waals surface area contributed by atoms with Crippen LogP contribution in [0.2, 0.25) is 0 Å². The minimum absolute atomic E-state index is 0.301. The fourth-order valence-corrected chi connectivity index (χ4v) is 4.87. The molecule has 0 saturated carbocycles. The van der Waals surface area contributed by atoms with Crippen molar-refractivity contribution in [1.82, 2.24) is 24.6 Å². The van der Waals surface area contributed by atoms with Crippen LogP contribution in [0.15, 0.2) is 24.9 Å². The molecule has 0 saturated heterocycles. The first-order chi connectivity index (χ1) is 15.6. The minimum atomic E-state index is -0.586. The molecular weight excluding hydrogens is 559 g/mol. The van der Waals surface area contributed by atoms with E-state index in [2.05, 4.69) is 43.9 Å². The number of halogens is 2. The molecule has 0 aliphatic carbocycles. The van der Waals surface area contributed by atoms with Crippen molar-refractivity contribution in [2.45, 2.75) is 46.3 Å². The van der Waals surface area contributed by atoms with Crippen molar-refractivity contribution in [3.8, 4) is 17.0 Å². The maximum atomic E-state index is 15.1. The third kappa shape index (κ3) is 5.84. The predicted octanol–water partition coefficient (Wildman–Crippen LogP) is 6.02. The number of aromatic nitrogens is 4. The summed E-state index contributed by atoms with van der Waals surface area (Å²) in [6, 6.07) is 3.21. The molecule has 3 rings (SSSR count). The van der Waals surface area contributed by atoms with Gasteiger partial charge >= 0.3 is 6.09 Å². The zero-order chi connectivity index (χ0) is 24.3. The third-order valence-electron chi connectivity index (χ3n) is 4.80. The van der Waals surface area contributed by atoms with E-state index in [0.717, 1.165) is 5.39 Å². The third-order valence-corrected chi connectivity index (χ3v) is 6.67.